The third-order valence-corrected chi connectivity index (χ3v) is 2.44. The van der Waals surface area contributed by atoms with Crippen molar-refractivity contribution in [3.8, 4) is 0 Å². The largest absolute Gasteiger partial charge is 0.366 e. The van der Waals surface area contributed by atoms with Crippen molar-refractivity contribution in [2.24, 2.45) is 0 Å². The minimum atomic E-state index is 0.693. The summed E-state index contributed by atoms with van der Waals surface area (Å²) in [5.74, 6) is 1.50. The zero-order valence-corrected chi connectivity index (χ0v) is 10.2. The molecule has 0 aliphatic rings. The number of H-pyrrole nitrogens is 1. The van der Waals surface area contributed by atoms with Crippen molar-refractivity contribution < 1.29 is 0 Å². The van der Waals surface area contributed by atoms with Crippen molar-refractivity contribution >= 4 is 11.8 Å². The number of aromatic amines is 1. The van der Waals surface area contributed by atoms with E-state index in [1.54, 1.807) is 6.20 Å². The Morgan fingerprint density at radius 1 is 1.41 bits per heavy atom. The van der Waals surface area contributed by atoms with Crippen LogP contribution in [-0.4, -0.2) is 34.3 Å². The molecule has 0 unspecified atom stereocenters. The van der Waals surface area contributed by atoms with E-state index in [2.05, 4.69) is 25.5 Å². The molecule has 0 radical (unpaired) electrons. The Kier molecular flexibility index (Phi) is 3.22. The molecule has 0 aliphatic heterocycles. The van der Waals surface area contributed by atoms with E-state index in [4.69, 9.17) is 0 Å². The van der Waals surface area contributed by atoms with E-state index in [-0.39, 0.29) is 0 Å². The summed E-state index contributed by atoms with van der Waals surface area (Å²) in [5, 5.41) is 10.1. The molecule has 2 N–H and O–H groups in total. The van der Waals surface area contributed by atoms with Gasteiger partial charge in [0, 0.05) is 38.1 Å². The van der Waals surface area contributed by atoms with Crippen molar-refractivity contribution in [2.45, 2.75) is 13.5 Å². The zero-order valence-electron chi connectivity index (χ0n) is 10.2. The highest BCUT2D eigenvalue weighted by Crippen LogP contribution is 2.10. The third kappa shape index (κ3) is 2.72. The van der Waals surface area contributed by atoms with Crippen LogP contribution in [0.1, 0.15) is 11.3 Å². The van der Waals surface area contributed by atoms with Gasteiger partial charge in [-0.05, 0) is 13.0 Å². The topological polar surface area (TPSA) is 69.7 Å². The van der Waals surface area contributed by atoms with Crippen LogP contribution in [-0.2, 0) is 6.54 Å². The molecule has 0 atom stereocenters. The van der Waals surface area contributed by atoms with Gasteiger partial charge in [0.15, 0.2) is 0 Å². The highest BCUT2D eigenvalue weighted by Gasteiger charge is 2.03. The maximum atomic E-state index is 4.37. The average Bonchev–Trinajstić information content (AvgIpc) is 2.72. The Morgan fingerprint density at radius 2 is 2.24 bits per heavy atom. The predicted octanol–water partition coefficient (Wildman–Crippen LogP) is 1.19. The standard InChI is InChI=1S/C11H16N6/c1-8-9(7-14-16-8)6-13-10-4-5-12-11(15-10)17(2)3/h4-5,7H,6H2,1-3H3,(H,14,16)(H,12,13,15). The molecule has 0 saturated carbocycles. The molecule has 0 saturated heterocycles. The lowest BCUT2D eigenvalue weighted by molar-refractivity contribution is 0.985. The second-order valence-electron chi connectivity index (χ2n) is 4.01. The van der Waals surface area contributed by atoms with Gasteiger partial charge in [0.05, 0.1) is 6.20 Å². The van der Waals surface area contributed by atoms with E-state index in [1.807, 2.05) is 38.2 Å². The van der Waals surface area contributed by atoms with Crippen LogP contribution in [0.4, 0.5) is 11.8 Å². The van der Waals surface area contributed by atoms with Crippen molar-refractivity contribution in [3.05, 3.63) is 29.7 Å². The Morgan fingerprint density at radius 3 is 2.88 bits per heavy atom. The van der Waals surface area contributed by atoms with E-state index >= 15 is 0 Å². The lowest BCUT2D eigenvalue weighted by Crippen LogP contribution is -2.13. The van der Waals surface area contributed by atoms with Gasteiger partial charge in [0.2, 0.25) is 5.95 Å². The summed E-state index contributed by atoms with van der Waals surface area (Å²) in [7, 11) is 3.83. The third-order valence-electron chi connectivity index (χ3n) is 2.44. The lowest BCUT2D eigenvalue weighted by atomic mass is 10.2. The number of nitrogens with one attached hydrogen (secondary N) is 2. The fourth-order valence-electron chi connectivity index (χ4n) is 1.40. The predicted molar refractivity (Wildman–Crippen MR) is 67.0 cm³/mol. The molecule has 0 fully saturated rings. The first-order valence-corrected chi connectivity index (χ1v) is 5.40. The van der Waals surface area contributed by atoms with Gasteiger partial charge in [-0.2, -0.15) is 10.1 Å². The number of anilines is 2. The summed E-state index contributed by atoms with van der Waals surface area (Å²) in [6, 6.07) is 1.85. The summed E-state index contributed by atoms with van der Waals surface area (Å²) in [5.41, 5.74) is 2.20. The normalized spacial score (nSPS) is 10.3. The van der Waals surface area contributed by atoms with Crippen LogP contribution >= 0.6 is 0 Å². The molecule has 0 spiro atoms. The Balaban J connectivity index is 2.04. The lowest BCUT2D eigenvalue weighted by Gasteiger charge is -2.11. The number of hydrogen-bond donors (Lipinski definition) is 2. The van der Waals surface area contributed by atoms with E-state index in [0.29, 0.717) is 12.5 Å². The second-order valence-corrected chi connectivity index (χ2v) is 4.01. The van der Waals surface area contributed by atoms with Gasteiger partial charge in [-0.15, -0.1) is 0 Å². The quantitative estimate of drug-likeness (QED) is 0.828. The molecule has 2 heterocycles. The summed E-state index contributed by atoms with van der Waals surface area (Å²) in [6.07, 6.45) is 3.56. The van der Waals surface area contributed by atoms with Gasteiger partial charge >= 0.3 is 0 Å². The molecule has 0 aliphatic carbocycles. The maximum Gasteiger partial charge on any atom is 0.226 e. The molecule has 17 heavy (non-hydrogen) atoms. The molecule has 2 aromatic rings. The molecule has 0 bridgehead atoms. The van der Waals surface area contributed by atoms with E-state index < -0.39 is 0 Å². The number of nitrogens with zero attached hydrogens (tertiary/aromatic N) is 4. The van der Waals surface area contributed by atoms with Gasteiger partial charge in [0.25, 0.3) is 0 Å². The number of hydrogen-bond acceptors (Lipinski definition) is 5. The average molecular weight is 232 g/mol. The van der Waals surface area contributed by atoms with Crippen LogP contribution in [0.2, 0.25) is 0 Å². The summed E-state index contributed by atoms with van der Waals surface area (Å²) < 4.78 is 0. The van der Waals surface area contributed by atoms with Gasteiger partial charge in [-0.25, -0.2) is 4.98 Å². The van der Waals surface area contributed by atoms with Crippen LogP contribution < -0.4 is 10.2 Å². The summed E-state index contributed by atoms with van der Waals surface area (Å²) >= 11 is 0. The first-order valence-electron chi connectivity index (χ1n) is 5.40. The summed E-state index contributed by atoms with van der Waals surface area (Å²) in [4.78, 5) is 10.4. The molecule has 0 amide bonds. The monoisotopic (exact) mass is 232 g/mol. The SMILES string of the molecule is Cc1[nH]ncc1CNc1ccnc(N(C)C)n1. The molecule has 2 aromatic heterocycles. The fourth-order valence-corrected chi connectivity index (χ4v) is 1.40. The Bertz CT molecular complexity index is 490. The van der Waals surface area contributed by atoms with Gasteiger partial charge in [-0.3, -0.25) is 5.10 Å². The van der Waals surface area contributed by atoms with Gasteiger partial charge in [0.1, 0.15) is 5.82 Å². The Hall–Kier alpha value is -2.11. The van der Waals surface area contributed by atoms with Crippen molar-refractivity contribution in [1.82, 2.24) is 20.2 Å². The van der Waals surface area contributed by atoms with Crippen molar-refractivity contribution in [3.63, 3.8) is 0 Å². The summed E-state index contributed by atoms with van der Waals surface area (Å²) in [6.45, 7) is 2.70. The van der Waals surface area contributed by atoms with Crippen LogP contribution in [0.25, 0.3) is 0 Å². The van der Waals surface area contributed by atoms with Crippen LogP contribution in [0.5, 0.6) is 0 Å². The van der Waals surface area contributed by atoms with Crippen LogP contribution in [0, 0.1) is 6.92 Å². The first kappa shape index (κ1) is 11.4. The molecule has 2 rings (SSSR count). The second kappa shape index (κ2) is 4.82. The highest BCUT2D eigenvalue weighted by molar-refractivity contribution is 5.41. The molecule has 6 nitrogen and oxygen atoms in total. The van der Waals surface area contributed by atoms with Crippen molar-refractivity contribution in [2.75, 3.05) is 24.3 Å². The number of aryl methyl sites for hydroxylation is 1. The fraction of sp³-hybridized carbons (Fsp3) is 0.364. The number of rotatable bonds is 4. The van der Waals surface area contributed by atoms with E-state index in [9.17, 15) is 0 Å². The van der Waals surface area contributed by atoms with E-state index in [0.717, 1.165) is 17.1 Å². The minimum Gasteiger partial charge on any atom is -0.366 e. The number of aromatic nitrogens is 4. The maximum absolute atomic E-state index is 4.37. The van der Waals surface area contributed by atoms with Crippen LogP contribution in [0.3, 0.4) is 0 Å². The molecule has 0 aromatic carbocycles. The molecular weight excluding hydrogens is 216 g/mol. The highest BCUT2D eigenvalue weighted by atomic mass is 15.2. The molecule has 90 valence electrons. The van der Waals surface area contributed by atoms with E-state index in [1.165, 1.54) is 0 Å². The van der Waals surface area contributed by atoms with Gasteiger partial charge < -0.3 is 10.2 Å². The zero-order chi connectivity index (χ0) is 12.3. The molecule has 6 heteroatoms. The Labute approximate surface area is 100 Å². The molecular formula is C11H16N6. The smallest absolute Gasteiger partial charge is 0.226 e. The van der Waals surface area contributed by atoms with Crippen molar-refractivity contribution in [1.29, 1.82) is 0 Å². The first-order chi connectivity index (χ1) is 8.16. The minimum absolute atomic E-state index is 0.693. The van der Waals surface area contributed by atoms with Crippen LogP contribution in [0.15, 0.2) is 18.5 Å². The van der Waals surface area contributed by atoms with Gasteiger partial charge in [-0.1, -0.05) is 0 Å².